The van der Waals surface area contributed by atoms with Crippen molar-refractivity contribution in [1.29, 1.82) is 0 Å². The molecule has 2 aromatic carbocycles. The van der Waals surface area contributed by atoms with Crippen LogP contribution in [0.2, 0.25) is 10.0 Å². The molecule has 0 aromatic heterocycles. The van der Waals surface area contributed by atoms with E-state index in [0.717, 1.165) is 4.90 Å². The zero-order valence-electron chi connectivity index (χ0n) is 12.9. The average molecular weight is 383 g/mol. The van der Waals surface area contributed by atoms with Crippen LogP contribution in [0.5, 0.6) is 0 Å². The molecule has 2 aromatic rings. The van der Waals surface area contributed by atoms with E-state index >= 15 is 0 Å². The van der Waals surface area contributed by atoms with Crippen LogP contribution in [0, 0.1) is 6.92 Å². The highest BCUT2D eigenvalue weighted by Crippen LogP contribution is 2.25. The van der Waals surface area contributed by atoms with Crippen LogP contribution in [0.25, 0.3) is 0 Å². The van der Waals surface area contributed by atoms with Gasteiger partial charge in [0.25, 0.3) is 0 Å². The number of aryl methyl sites for hydroxylation is 1. The summed E-state index contributed by atoms with van der Waals surface area (Å²) >= 11 is 13.2. The van der Waals surface area contributed by atoms with E-state index in [1.54, 1.807) is 18.2 Å². The Morgan fingerprint density at radius 2 is 1.75 bits per heavy atom. The number of benzene rings is 2. The van der Waals surface area contributed by atoms with Crippen molar-refractivity contribution < 1.29 is 9.59 Å². The second kappa shape index (κ2) is 8.97. The molecule has 7 heteroatoms. The fraction of sp³-hybridized carbons (Fsp3) is 0.176. The van der Waals surface area contributed by atoms with Gasteiger partial charge in [-0.05, 0) is 37.3 Å². The molecule has 24 heavy (non-hydrogen) atoms. The minimum absolute atomic E-state index is 0.129. The maximum atomic E-state index is 11.9. The molecule has 2 N–H and O–H groups in total. The highest BCUT2D eigenvalue weighted by Gasteiger charge is 2.09. The van der Waals surface area contributed by atoms with Crippen LogP contribution in [0.4, 0.5) is 5.69 Å². The molecule has 0 aliphatic heterocycles. The Bertz CT molecular complexity index is 736. The van der Waals surface area contributed by atoms with Crippen molar-refractivity contribution in [3.05, 3.63) is 58.1 Å². The standard InChI is InChI=1S/C17H16Cl2N2O2S/c1-11-2-5-13(6-3-11)24-10-17(23)20-9-16(22)21-15-8-12(18)4-7-14(15)19/h2-8H,9-10H2,1H3,(H,20,23)(H,21,22). The molecule has 0 spiro atoms. The monoisotopic (exact) mass is 382 g/mol. The molecule has 0 bridgehead atoms. The number of hydrogen-bond acceptors (Lipinski definition) is 3. The number of rotatable bonds is 6. The van der Waals surface area contributed by atoms with E-state index < -0.39 is 0 Å². The Balaban J connectivity index is 1.75. The van der Waals surface area contributed by atoms with E-state index in [2.05, 4.69) is 10.6 Å². The van der Waals surface area contributed by atoms with Crippen molar-refractivity contribution in [2.75, 3.05) is 17.6 Å². The van der Waals surface area contributed by atoms with E-state index in [1.807, 2.05) is 31.2 Å². The number of thioether (sulfide) groups is 1. The second-order valence-electron chi connectivity index (χ2n) is 5.05. The lowest BCUT2D eigenvalue weighted by atomic mass is 10.2. The number of halogens is 2. The van der Waals surface area contributed by atoms with Crippen LogP contribution in [0.1, 0.15) is 5.56 Å². The molecular formula is C17H16Cl2N2O2S. The number of nitrogens with one attached hydrogen (secondary N) is 2. The minimum atomic E-state index is -0.368. The minimum Gasteiger partial charge on any atom is -0.346 e. The van der Waals surface area contributed by atoms with E-state index in [9.17, 15) is 9.59 Å². The van der Waals surface area contributed by atoms with Gasteiger partial charge >= 0.3 is 0 Å². The lowest BCUT2D eigenvalue weighted by Gasteiger charge is -2.09. The van der Waals surface area contributed by atoms with Gasteiger partial charge < -0.3 is 10.6 Å². The molecule has 0 aliphatic rings. The Kier molecular flexibility index (Phi) is 6.97. The normalized spacial score (nSPS) is 10.3. The summed E-state index contributed by atoms with van der Waals surface area (Å²) in [6.07, 6.45) is 0. The van der Waals surface area contributed by atoms with Crippen LogP contribution < -0.4 is 10.6 Å². The van der Waals surface area contributed by atoms with Gasteiger partial charge in [-0.3, -0.25) is 9.59 Å². The lowest BCUT2D eigenvalue weighted by molar-refractivity contribution is -0.122. The quantitative estimate of drug-likeness (QED) is 0.737. The zero-order chi connectivity index (χ0) is 17.5. The molecular weight excluding hydrogens is 367 g/mol. The van der Waals surface area contributed by atoms with Crippen molar-refractivity contribution in [1.82, 2.24) is 5.32 Å². The fourth-order valence-electron chi connectivity index (χ4n) is 1.80. The highest BCUT2D eigenvalue weighted by molar-refractivity contribution is 8.00. The third-order valence-corrected chi connectivity index (χ3v) is 4.62. The molecule has 0 radical (unpaired) electrons. The largest absolute Gasteiger partial charge is 0.346 e. The fourth-order valence-corrected chi connectivity index (χ4v) is 2.87. The molecule has 0 atom stereocenters. The van der Waals surface area contributed by atoms with Crippen LogP contribution in [0.3, 0.4) is 0 Å². The number of carbonyl (C=O) groups excluding carboxylic acids is 2. The second-order valence-corrected chi connectivity index (χ2v) is 6.94. The third kappa shape index (κ3) is 6.07. The van der Waals surface area contributed by atoms with Gasteiger partial charge in [0.1, 0.15) is 0 Å². The van der Waals surface area contributed by atoms with Crippen molar-refractivity contribution in [2.45, 2.75) is 11.8 Å². The molecule has 0 saturated carbocycles. The van der Waals surface area contributed by atoms with E-state index in [-0.39, 0.29) is 24.1 Å². The molecule has 2 amide bonds. The Hall–Kier alpha value is -1.69. The maximum Gasteiger partial charge on any atom is 0.243 e. The topological polar surface area (TPSA) is 58.2 Å². The summed E-state index contributed by atoms with van der Waals surface area (Å²) in [7, 11) is 0. The van der Waals surface area contributed by atoms with E-state index in [0.29, 0.717) is 15.7 Å². The highest BCUT2D eigenvalue weighted by atomic mass is 35.5. The summed E-state index contributed by atoms with van der Waals surface area (Å²) in [6.45, 7) is 1.88. The number of hydrogen-bond donors (Lipinski definition) is 2. The zero-order valence-corrected chi connectivity index (χ0v) is 15.3. The lowest BCUT2D eigenvalue weighted by Crippen LogP contribution is -2.33. The Morgan fingerprint density at radius 1 is 1.04 bits per heavy atom. The Morgan fingerprint density at radius 3 is 2.46 bits per heavy atom. The number of anilines is 1. The molecule has 0 heterocycles. The molecule has 0 unspecified atom stereocenters. The van der Waals surface area contributed by atoms with Crippen molar-refractivity contribution in [3.8, 4) is 0 Å². The Labute approximate surface area is 154 Å². The summed E-state index contributed by atoms with van der Waals surface area (Å²) in [6, 6.07) is 12.7. The van der Waals surface area contributed by atoms with Gasteiger partial charge in [-0.25, -0.2) is 0 Å². The predicted octanol–water partition coefficient (Wildman–Crippen LogP) is 4.15. The maximum absolute atomic E-state index is 11.9. The third-order valence-electron chi connectivity index (χ3n) is 3.04. The smallest absolute Gasteiger partial charge is 0.243 e. The van der Waals surface area contributed by atoms with Gasteiger partial charge in [0.05, 0.1) is 23.0 Å². The van der Waals surface area contributed by atoms with Gasteiger partial charge in [0.2, 0.25) is 11.8 Å². The first-order valence-corrected chi connectivity index (χ1v) is 8.89. The molecule has 0 fully saturated rings. The van der Waals surface area contributed by atoms with Gasteiger partial charge in [-0.1, -0.05) is 40.9 Å². The van der Waals surface area contributed by atoms with Gasteiger partial charge in [0.15, 0.2) is 0 Å². The van der Waals surface area contributed by atoms with Crippen molar-refractivity contribution in [3.63, 3.8) is 0 Å². The average Bonchev–Trinajstić information content (AvgIpc) is 2.56. The first-order valence-electron chi connectivity index (χ1n) is 7.15. The van der Waals surface area contributed by atoms with Crippen molar-refractivity contribution in [2.24, 2.45) is 0 Å². The van der Waals surface area contributed by atoms with Crippen molar-refractivity contribution >= 4 is 52.5 Å². The van der Waals surface area contributed by atoms with Crippen LogP contribution in [-0.4, -0.2) is 24.1 Å². The summed E-state index contributed by atoms with van der Waals surface area (Å²) in [5.74, 6) is -0.338. The summed E-state index contributed by atoms with van der Waals surface area (Å²) in [4.78, 5) is 24.7. The molecule has 2 rings (SSSR count). The molecule has 126 valence electrons. The summed E-state index contributed by atoms with van der Waals surface area (Å²) < 4.78 is 0. The molecule has 0 saturated heterocycles. The SMILES string of the molecule is Cc1ccc(SCC(=O)NCC(=O)Nc2cc(Cl)ccc2Cl)cc1. The number of amides is 2. The summed E-state index contributed by atoms with van der Waals surface area (Å²) in [5.41, 5.74) is 1.58. The molecule has 0 aliphatic carbocycles. The first kappa shape index (κ1) is 18.6. The van der Waals surface area contributed by atoms with Gasteiger partial charge in [-0.2, -0.15) is 0 Å². The summed E-state index contributed by atoms with van der Waals surface area (Å²) in [5, 5.41) is 6.03. The first-order chi connectivity index (χ1) is 11.4. The van der Waals surface area contributed by atoms with E-state index in [4.69, 9.17) is 23.2 Å². The number of carbonyl (C=O) groups is 2. The van der Waals surface area contributed by atoms with Crippen LogP contribution >= 0.6 is 35.0 Å². The van der Waals surface area contributed by atoms with Gasteiger partial charge in [-0.15, -0.1) is 11.8 Å². The predicted molar refractivity (Wildman–Crippen MR) is 100 cm³/mol. The van der Waals surface area contributed by atoms with Crippen LogP contribution in [0.15, 0.2) is 47.4 Å². The van der Waals surface area contributed by atoms with Crippen LogP contribution in [-0.2, 0) is 9.59 Å². The molecule has 4 nitrogen and oxygen atoms in total. The van der Waals surface area contributed by atoms with Gasteiger partial charge in [0, 0.05) is 9.92 Å². The van der Waals surface area contributed by atoms with E-state index in [1.165, 1.54) is 17.3 Å².